The van der Waals surface area contributed by atoms with E-state index in [0.29, 0.717) is 18.9 Å². The minimum Gasteiger partial charge on any atom is -0.461 e. The van der Waals surface area contributed by atoms with Crippen LogP contribution >= 0.6 is 0 Å². The van der Waals surface area contributed by atoms with Gasteiger partial charge in [0.25, 0.3) is 0 Å². The highest BCUT2D eigenvalue weighted by molar-refractivity contribution is 5.69. The van der Waals surface area contributed by atoms with Crippen molar-refractivity contribution in [1.82, 2.24) is 0 Å². The number of benzene rings is 1. The maximum atomic E-state index is 11.6. The first kappa shape index (κ1) is 12.1. The van der Waals surface area contributed by atoms with Crippen LogP contribution in [-0.4, -0.2) is 17.2 Å². The number of aliphatic hydroxyl groups is 1. The molecule has 0 amide bonds. The van der Waals surface area contributed by atoms with Gasteiger partial charge in [0.05, 0.1) is 6.10 Å². The smallest absolute Gasteiger partial charge is 0.306 e. The van der Waals surface area contributed by atoms with Crippen molar-refractivity contribution in [1.29, 1.82) is 0 Å². The maximum absolute atomic E-state index is 11.6. The van der Waals surface area contributed by atoms with Crippen molar-refractivity contribution < 1.29 is 14.6 Å². The molecular weight excluding hydrogens is 216 g/mol. The Kier molecular flexibility index (Phi) is 4.15. The summed E-state index contributed by atoms with van der Waals surface area (Å²) in [5.41, 5.74) is 1.01. The van der Waals surface area contributed by atoms with E-state index in [1.165, 1.54) is 0 Å². The van der Waals surface area contributed by atoms with E-state index < -0.39 is 0 Å². The fourth-order valence-electron chi connectivity index (χ4n) is 2.27. The Labute approximate surface area is 101 Å². The molecule has 92 valence electrons. The van der Waals surface area contributed by atoms with Crippen molar-refractivity contribution in [3.63, 3.8) is 0 Å². The summed E-state index contributed by atoms with van der Waals surface area (Å²) in [5, 5.41) is 9.37. The summed E-state index contributed by atoms with van der Waals surface area (Å²) < 4.78 is 5.20. The second kappa shape index (κ2) is 5.82. The summed E-state index contributed by atoms with van der Waals surface area (Å²) in [7, 11) is 0. The number of hydrogen-bond acceptors (Lipinski definition) is 3. The molecule has 0 bridgehead atoms. The molecule has 2 unspecified atom stereocenters. The molecule has 1 aromatic rings. The summed E-state index contributed by atoms with van der Waals surface area (Å²) in [6.07, 6.45) is 2.70. The molecule has 1 saturated carbocycles. The number of carbonyl (C=O) groups excluding carboxylic acids is 1. The minimum absolute atomic E-state index is 0.159. The molecule has 0 aliphatic heterocycles. The molecule has 1 fully saturated rings. The largest absolute Gasteiger partial charge is 0.461 e. The Morgan fingerprint density at radius 3 is 2.71 bits per heavy atom. The first-order chi connectivity index (χ1) is 8.24. The number of hydrogen-bond donors (Lipinski definition) is 1. The first-order valence-corrected chi connectivity index (χ1v) is 6.11. The lowest BCUT2D eigenvalue weighted by molar-refractivity contribution is -0.146. The van der Waals surface area contributed by atoms with Crippen LogP contribution in [0.1, 0.15) is 31.2 Å². The van der Waals surface area contributed by atoms with E-state index in [9.17, 15) is 9.90 Å². The molecule has 0 saturated heterocycles. The monoisotopic (exact) mass is 234 g/mol. The zero-order valence-corrected chi connectivity index (χ0v) is 9.84. The summed E-state index contributed by atoms with van der Waals surface area (Å²) in [6.45, 7) is 0.342. The number of ether oxygens (including phenoxy) is 1. The first-order valence-electron chi connectivity index (χ1n) is 6.11. The Balaban J connectivity index is 1.71. The van der Waals surface area contributed by atoms with Crippen LogP contribution in [0.25, 0.3) is 0 Å². The molecule has 1 N–H and O–H groups in total. The van der Waals surface area contributed by atoms with Gasteiger partial charge in [0, 0.05) is 6.42 Å². The highest BCUT2D eigenvalue weighted by atomic mass is 16.5. The summed E-state index contributed by atoms with van der Waals surface area (Å²) in [6, 6.07) is 9.66. The molecule has 0 heterocycles. The van der Waals surface area contributed by atoms with Gasteiger partial charge < -0.3 is 9.84 Å². The third-order valence-electron chi connectivity index (χ3n) is 3.21. The predicted octanol–water partition coefficient (Wildman–Crippen LogP) is 2.28. The molecule has 1 aliphatic carbocycles. The molecule has 3 heteroatoms. The van der Waals surface area contributed by atoms with E-state index in [0.717, 1.165) is 24.8 Å². The van der Waals surface area contributed by atoms with Crippen molar-refractivity contribution in [2.75, 3.05) is 0 Å². The second-order valence-corrected chi connectivity index (χ2v) is 4.68. The average Bonchev–Trinajstić information content (AvgIpc) is 2.73. The van der Waals surface area contributed by atoms with E-state index >= 15 is 0 Å². The van der Waals surface area contributed by atoms with E-state index in [2.05, 4.69) is 0 Å². The topological polar surface area (TPSA) is 46.5 Å². The van der Waals surface area contributed by atoms with Crippen molar-refractivity contribution in [2.24, 2.45) is 5.92 Å². The van der Waals surface area contributed by atoms with Gasteiger partial charge >= 0.3 is 5.97 Å². The van der Waals surface area contributed by atoms with E-state index in [1.54, 1.807) is 0 Å². The SMILES string of the molecule is O=C(CC1CCC(O)C1)OCc1ccccc1. The van der Waals surface area contributed by atoms with Crippen LogP contribution < -0.4 is 0 Å². The van der Waals surface area contributed by atoms with Gasteiger partial charge in [-0.25, -0.2) is 0 Å². The van der Waals surface area contributed by atoms with Crippen molar-refractivity contribution >= 4 is 5.97 Å². The van der Waals surface area contributed by atoms with Gasteiger partial charge in [-0.3, -0.25) is 4.79 Å². The van der Waals surface area contributed by atoms with Crippen LogP contribution in [0.2, 0.25) is 0 Å². The third-order valence-corrected chi connectivity index (χ3v) is 3.21. The van der Waals surface area contributed by atoms with Crippen molar-refractivity contribution in [3.8, 4) is 0 Å². The van der Waals surface area contributed by atoms with Gasteiger partial charge in [0.1, 0.15) is 6.61 Å². The van der Waals surface area contributed by atoms with Gasteiger partial charge in [0.2, 0.25) is 0 Å². The summed E-state index contributed by atoms with van der Waals surface area (Å²) in [5.74, 6) is 0.140. The fraction of sp³-hybridized carbons (Fsp3) is 0.500. The zero-order valence-electron chi connectivity index (χ0n) is 9.84. The van der Waals surface area contributed by atoms with Crippen LogP contribution in [0.5, 0.6) is 0 Å². The molecule has 0 spiro atoms. The highest BCUT2D eigenvalue weighted by Gasteiger charge is 2.25. The highest BCUT2D eigenvalue weighted by Crippen LogP contribution is 2.28. The molecular formula is C14H18O3. The Morgan fingerprint density at radius 1 is 1.29 bits per heavy atom. The van der Waals surface area contributed by atoms with Crippen molar-refractivity contribution in [2.45, 2.75) is 38.4 Å². The Morgan fingerprint density at radius 2 is 2.06 bits per heavy atom. The third kappa shape index (κ3) is 3.86. The van der Waals surface area contributed by atoms with Gasteiger partial charge in [0.15, 0.2) is 0 Å². The molecule has 0 radical (unpaired) electrons. The number of aliphatic hydroxyl groups excluding tert-OH is 1. The minimum atomic E-state index is -0.220. The number of rotatable bonds is 4. The number of carbonyl (C=O) groups is 1. The molecule has 17 heavy (non-hydrogen) atoms. The van der Waals surface area contributed by atoms with Crippen molar-refractivity contribution in [3.05, 3.63) is 35.9 Å². The zero-order chi connectivity index (χ0) is 12.1. The van der Waals surface area contributed by atoms with Gasteiger partial charge in [-0.1, -0.05) is 30.3 Å². The van der Waals surface area contributed by atoms with Gasteiger partial charge in [-0.2, -0.15) is 0 Å². The predicted molar refractivity (Wildman–Crippen MR) is 64.2 cm³/mol. The lowest BCUT2D eigenvalue weighted by atomic mass is 10.0. The Bertz CT molecular complexity index is 361. The molecule has 2 rings (SSSR count). The molecule has 2 atom stereocenters. The molecule has 1 aromatic carbocycles. The lowest BCUT2D eigenvalue weighted by Crippen LogP contribution is -2.10. The fourth-order valence-corrected chi connectivity index (χ4v) is 2.27. The summed E-state index contributed by atoms with van der Waals surface area (Å²) >= 11 is 0. The Hall–Kier alpha value is -1.35. The molecule has 3 nitrogen and oxygen atoms in total. The van der Waals surface area contributed by atoms with E-state index in [-0.39, 0.29) is 12.1 Å². The van der Waals surface area contributed by atoms with E-state index in [1.807, 2.05) is 30.3 Å². The molecule has 0 aromatic heterocycles. The molecule has 1 aliphatic rings. The average molecular weight is 234 g/mol. The van der Waals surface area contributed by atoms with Crippen LogP contribution in [-0.2, 0) is 16.1 Å². The van der Waals surface area contributed by atoms with Crippen LogP contribution in [0.4, 0.5) is 0 Å². The lowest BCUT2D eigenvalue weighted by Gasteiger charge is -2.09. The van der Waals surface area contributed by atoms with Gasteiger partial charge in [-0.15, -0.1) is 0 Å². The van der Waals surface area contributed by atoms with Crippen LogP contribution in [0.3, 0.4) is 0 Å². The quantitative estimate of drug-likeness (QED) is 0.813. The number of esters is 1. The standard InChI is InChI=1S/C14H18O3/c15-13-7-6-12(8-13)9-14(16)17-10-11-4-2-1-3-5-11/h1-5,12-13,15H,6-10H2. The maximum Gasteiger partial charge on any atom is 0.306 e. The summed E-state index contributed by atoms with van der Waals surface area (Å²) in [4.78, 5) is 11.6. The second-order valence-electron chi connectivity index (χ2n) is 4.68. The van der Waals surface area contributed by atoms with Crippen LogP contribution in [0.15, 0.2) is 30.3 Å². The van der Waals surface area contributed by atoms with Crippen LogP contribution in [0, 0.1) is 5.92 Å². The van der Waals surface area contributed by atoms with Gasteiger partial charge in [-0.05, 0) is 30.7 Å². The normalized spacial score (nSPS) is 23.6. The van der Waals surface area contributed by atoms with E-state index in [4.69, 9.17) is 4.74 Å².